The summed E-state index contributed by atoms with van der Waals surface area (Å²) in [6.07, 6.45) is 0. The predicted molar refractivity (Wildman–Crippen MR) is 222 cm³/mol. The van der Waals surface area contributed by atoms with Crippen LogP contribution in [0.3, 0.4) is 0 Å². The van der Waals surface area contributed by atoms with Crippen LogP contribution in [-0.2, 0) is 5.41 Å². The molecule has 0 saturated carbocycles. The van der Waals surface area contributed by atoms with Crippen LogP contribution in [0, 0.1) is 19.3 Å². The zero-order valence-corrected chi connectivity index (χ0v) is 30.0. The van der Waals surface area contributed by atoms with E-state index >= 15 is 0 Å². The minimum absolute atomic E-state index is 0.520. The Morgan fingerprint density at radius 2 is 1.25 bits per heavy atom. The van der Waals surface area contributed by atoms with Gasteiger partial charge in [-0.15, -0.1) is 0 Å². The molecule has 0 saturated heterocycles. The molecule has 2 nitrogen and oxygen atoms in total. The Hall–Kier alpha value is -6.51. The highest BCUT2D eigenvalue weighted by atomic mass is 15.0. The van der Waals surface area contributed by atoms with Crippen LogP contribution in [0.1, 0.15) is 45.9 Å². The fourth-order valence-electron chi connectivity index (χ4n) is 9.85. The Kier molecular flexibility index (Phi) is 6.12. The number of rotatable bonds is 3. The van der Waals surface area contributed by atoms with Gasteiger partial charge in [0.2, 0.25) is 0 Å². The number of aryl methyl sites for hydroxylation is 1. The standard InChI is InChI=1S/C51H36N2/c1-30-22-27-45-49(31(30)2)53-47-21-9-7-17-41(47)42-18-11-20-44(50(42)53)51(45)43-19-8-6-16-39(43)40-26-24-35(29-46(40)51)38-25-23-33-12-4-5-15-37(33)48(38)36-14-10-13-34(28-36)32(3)52/h4-29,52H,1-3H3. The first-order valence-corrected chi connectivity index (χ1v) is 18.5. The number of para-hydroxylation sites is 2. The number of nitrogens with one attached hydrogen (secondary N) is 1. The highest BCUT2D eigenvalue weighted by molar-refractivity contribution is 6.13. The quantitative estimate of drug-likeness (QED) is 0.181. The summed E-state index contributed by atoms with van der Waals surface area (Å²) in [5.74, 6) is 0. The van der Waals surface area contributed by atoms with Crippen LogP contribution in [0.15, 0.2) is 158 Å². The second-order valence-electron chi connectivity index (χ2n) is 14.9. The molecule has 1 aliphatic carbocycles. The summed E-state index contributed by atoms with van der Waals surface area (Å²) in [6, 6.07) is 58.7. The molecule has 1 unspecified atom stereocenters. The van der Waals surface area contributed by atoms with E-state index in [-0.39, 0.29) is 0 Å². The van der Waals surface area contributed by atoms with Crippen LogP contribution in [0.25, 0.3) is 71.6 Å². The first-order valence-electron chi connectivity index (χ1n) is 18.5. The first-order chi connectivity index (χ1) is 26.0. The third kappa shape index (κ3) is 3.85. The Balaban J connectivity index is 1.28. The maximum Gasteiger partial charge on any atom is 0.0754 e. The third-order valence-electron chi connectivity index (χ3n) is 12.3. The highest BCUT2D eigenvalue weighted by Gasteiger charge is 2.51. The highest BCUT2D eigenvalue weighted by Crippen LogP contribution is 2.62. The molecule has 2 aliphatic rings. The van der Waals surface area contributed by atoms with E-state index in [9.17, 15) is 0 Å². The first kappa shape index (κ1) is 30.1. The van der Waals surface area contributed by atoms with Gasteiger partial charge in [-0.3, -0.25) is 0 Å². The molecule has 8 aromatic carbocycles. The van der Waals surface area contributed by atoms with Crippen LogP contribution < -0.4 is 0 Å². The van der Waals surface area contributed by atoms with Crippen molar-refractivity contribution in [2.45, 2.75) is 26.2 Å². The largest absolute Gasteiger partial charge is 0.308 e. The molecule has 53 heavy (non-hydrogen) atoms. The summed E-state index contributed by atoms with van der Waals surface area (Å²) < 4.78 is 2.56. The van der Waals surface area contributed by atoms with Gasteiger partial charge in [-0.2, -0.15) is 0 Å². The van der Waals surface area contributed by atoms with Gasteiger partial charge in [-0.25, -0.2) is 0 Å². The lowest BCUT2D eigenvalue weighted by atomic mass is 9.64. The monoisotopic (exact) mass is 676 g/mol. The number of fused-ring (bicyclic) bond motifs is 13. The lowest BCUT2D eigenvalue weighted by Gasteiger charge is -2.40. The molecule has 1 aliphatic heterocycles. The van der Waals surface area contributed by atoms with Gasteiger partial charge in [0.05, 0.1) is 22.1 Å². The van der Waals surface area contributed by atoms with Gasteiger partial charge < -0.3 is 9.98 Å². The summed E-state index contributed by atoms with van der Waals surface area (Å²) in [7, 11) is 0. The Morgan fingerprint density at radius 3 is 2.13 bits per heavy atom. The molecule has 0 fully saturated rings. The van der Waals surface area contributed by atoms with E-state index in [1.807, 2.05) is 13.0 Å². The normalized spacial score (nSPS) is 15.2. The molecular formula is C51H36N2. The fraction of sp³-hybridized carbons (Fsp3) is 0.0784. The SMILES string of the molecule is CC(=N)c1cccc(-c2c(-c3ccc4c(c3)C3(c5ccccc5-4)c4ccc(C)c(C)c4-n4c5ccccc5c5cccc3c54)ccc3ccccc23)c1. The van der Waals surface area contributed by atoms with E-state index in [1.165, 1.54) is 99.5 Å². The van der Waals surface area contributed by atoms with Gasteiger partial charge in [0.15, 0.2) is 0 Å². The third-order valence-corrected chi connectivity index (χ3v) is 12.3. The van der Waals surface area contributed by atoms with Crippen LogP contribution in [0.5, 0.6) is 0 Å². The van der Waals surface area contributed by atoms with Crippen LogP contribution in [0.2, 0.25) is 0 Å². The summed E-state index contributed by atoms with van der Waals surface area (Å²) in [5, 5.41) is 13.5. The zero-order chi connectivity index (χ0) is 35.6. The zero-order valence-electron chi connectivity index (χ0n) is 30.0. The second kappa shape index (κ2) is 10.8. The number of benzene rings is 8. The van der Waals surface area contributed by atoms with Gasteiger partial charge in [0.25, 0.3) is 0 Å². The molecule has 1 N–H and O–H groups in total. The lowest BCUT2D eigenvalue weighted by Crippen LogP contribution is -2.34. The van der Waals surface area contributed by atoms with Crippen molar-refractivity contribution in [3.05, 3.63) is 197 Å². The van der Waals surface area contributed by atoms with E-state index in [1.54, 1.807) is 0 Å². The molecule has 1 atom stereocenters. The molecular weight excluding hydrogens is 641 g/mol. The minimum atomic E-state index is -0.520. The van der Waals surface area contributed by atoms with Gasteiger partial charge >= 0.3 is 0 Å². The van der Waals surface area contributed by atoms with Crippen molar-refractivity contribution in [2.24, 2.45) is 0 Å². The van der Waals surface area contributed by atoms with Gasteiger partial charge in [0, 0.05) is 16.5 Å². The maximum absolute atomic E-state index is 8.45. The average molecular weight is 677 g/mol. The Bertz CT molecular complexity index is 3070. The summed E-state index contributed by atoms with van der Waals surface area (Å²) >= 11 is 0. The minimum Gasteiger partial charge on any atom is -0.308 e. The topological polar surface area (TPSA) is 28.8 Å². The van der Waals surface area contributed by atoms with Crippen LogP contribution in [-0.4, -0.2) is 10.3 Å². The Labute approximate surface area is 309 Å². The van der Waals surface area contributed by atoms with Crippen molar-refractivity contribution in [1.29, 1.82) is 5.41 Å². The molecule has 9 aromatic rings. The Morgan fingerprint density at radius 1 is 0.528 bits per heavy atom. The summed E-state index contributed by atoms with van der Waals surface area (Å²) in [6.45, 7) is 6.42. The molecule has 11 rings (SSSR count). The number of aromatic nitrogens is 1. The van der Waals surface area contributed by atoms with Crippen molar-refractivity contribution in [2.75, 3.05) is 0 Å². The average Bonchev–Trinajstić information content (AvgIpc) is 3.69. The molecule has 0 radical (unpaired) electrons. The molecule has 2 heterocycles. The van der Waals surface area contributed by atoms with E-state index in [0.29, 0.717) is 5.71 Å². The second-order valence-corrected chi connectivity index (χ2v) is 14.9. The molecule has 1 spiro atoms. The van der Waals surface area contributed by atoms with Crippen molar-refractivity contribution < 1.29 is 0 Å². The number of hydrogen-bond acceptors (Lipinski definition) is 1. The van der Waals surface area contributed by atoms with Crippen molar-refractivity contribution in [3.63, 3.8) is 0 Å². The van der Waals surface area contributed by atoms with Gasteiger partial charge in [-0.05, 0) is 122 Å². The maximum atomic E-state index is 8.45. The van der Waals surface area contributed by atoms with E-state index < -0.39 is 5.41 Å². The smallest absolute Gasteiger partial charge is 0.0754 e. The molecule has 0 bridgehead atoms. The van der Waals surface area contributed by atoms with Crippen molar-refractivity contribution in [1.82, 2.24) is 4.57 Å². The fourth-order valence-corrected chi connectivity index (χ4v) is 9.85. The summed E-state index contributed by atoms with van der Waals surface area (Å²) in [4.78, 5) is 0. The number of nitrogens with zero attached hydrogens (tertiary/aromatic N) is 1. The van der Waals surface area contributed by atoms with Crippen LogP contribution >= 0.6 is 0 Å². The number of hydrogen-bond donors (Lipinski definition) is 1. The molecule has 2 heteroatoms. The van der Waals surface area contributed by atoms with Crippen molar-refractivity contribution in [3.8, 4) is 39.1 Å². The van der Waals surface area contributed by atoms with E-state index in [4.69, 9.17) is 5.41 Å². The lowest BCUT2D eigenvalue weighted by molar-refractivity contribution is 0.745. The molecule has 250 valence electrons. The molecule has 0 amide bonds. The van der Waals surface area contributed by atoms with Gasteiger partial charge in [-0.1, -0.05) is 140 Å². The van der Waals surface area contributed by atoms with Crippen molar-refractivity contribution >= 4 is 38.3 Å². The van der Waals surface area contributed by atoms with E-state index in [2.05, 4.69) is 170 Å². The van der Waals surface area contributed by atoms with Gasteiger partial charge in [0.1, 0.15) is 0 Å². The van der Waals surface area contributed by atoms with E-state index in [0.717, 1.165) is 11.1 Å². The van der Waals surface area contributed by atoms with Crippen LogP contribution in [0.4, 0.5) is 0 Å². The molecule has 1 aromatic heterocycles. The predicted octanol–water partition coefficient (Wildman–Crippen LogP) is 13.0. The summed E-state index contributed by atoms with van der Waals surface area (Å²) in [5.41, 5.74) is 20.1.